The smallest absolute Gasteiger partial charge is 0.328 e. The van der Waals surface area contributed by atoms with Gasteiger partial charge in [-0.25, -0.2) is 4.79 Å². The Morgan fingerprint density at radius 3 is 2.85 bits per heavy atom. The highest BCUT2D eigenvalue weighted by atomic mass is 32.2. The zero-order valence-corrected chi connectivity index (χ0v) is 16.2. The Morgan fingerprint density at radius 2 is 2.07 bits per heavy atom. The summed E-state index contributed by atoms with van der Waals surface area (Å²) >= 11 is 0. The van der Waals surface area contributed by atoms with E-state index in [9.17, 15) is 18.6 Å². The van der Waals surface area contributed by atoms with Crippen molar-refractivity contribution in [1.29, 1.82) is 0 Å². The lowest BCUT2D eigenvalue weighted by molar-refractivity contribution is -0.122. The molecule has 0 spiro atoms. The fourth-order valence-electron chi connectivity index (χ4n) is 3.73. The third-order valence-corrected chi connectivity index (χ3v) is 6.86. The number of nitrogens with one attached hydrogen (secondary N) is 2. The predicted octanol–water partition coefficient (Wildman–Crippen LogP) is 1.28. The lowest BCUT2D eigenvalue weighted by Crippen LogP contribution is -2.41. The van der Waals surface area contributed by atoms with Crippen LogP contribution in [0.15, 0.2) is 33.9 Å². The Bertz CT molecular complexity index is 965. The van der Waals surface area contributed by atoms with Gasteiger partial charge in [0.15, 0.2) is 0 Å². The Balaban J connectivity index is 1.65. The maximum atomic E-state index is 12.4. The Morgan fingerprint density at radius 1 is 1.30 bits per heavy atom. The number of hydrogen-bond acceptors (Lipinski definition) is 4. The van der Waals surface area contributed by atoms with Crippen LogP contribution < -0.4 is 16.6 Å². The predicted molar refractivity (Wildman–Crippen MR) is 106 cm³/mol. The van der Waals surface area contributed by atoms with Gasteiger partial charge in [0, 0.05) is 40.8 Å². The first-order valence-electron chi connectivity index (χ1n) is 9.38. The second kappa shape index (κ2) is 8.65. The molecule has 2 aromatic rings. The van der Waals surface area contributed by atoms with Gasteiger partial charge in [0.25, 0.3) is 5.56 Å². The van der Waals surface area contributed by atoms with Crippen molar-refractivity contribution < 1.29 is 9.00 Å². The first-order chi connectivity index (χ1) is 13.0. The van der Waals surface area contributed by atoms with E-state index >= 15 is 0 Å². The SMILES string of the molecule is CCS(=O)C1CCCC(NC(=O)CCn2c(=O)[nH]c(=O)c3ccccc32)C1. The topological polar surface area (TPSA) is 101 Å². The van der Waals surface area contributed by atoms with Gasteiger partial charge in [-0.2, -0.15) is 0 Å². The molecule has 146 valence electrons. The van der Waals surface area contributed by atoms with Gasteiger partial charge >= 0.3 is 5.69 Å². The third kappa shape index (κ3) is 4.55. The minimum Gasteiger partial charge on any atom is -0.353 e. The molecular formula is C19H25N3O4S. The highest BCUT2D eigenvalue weighted by Crippen LogP contribution is 2.23. The number of hydrogen-bond donors (Lipinski definition) is 2. The molecule has 0 bridgehead atoms. The van der Waals surface area contributed by atoms with Crippen LogP contribution >= 0.6 is 0 Å². The summed E-state index contributed by atoms with van der Waals surface area (Å²) < 4.78 is 13.5. The van der Waals surface area contributed by atoms with E-state index < -0.39 is 22.0 Å². The lowest BCUT2D eigenvalue weighted by Gasteiger charge is -2.29. The molecule has 3 rings (SSSR count). The summed E-state index contributed by atoms with van der Waals surface area (Å²) in [6.45, 7) is 2.11. The summed E-state index contributed by atoms with van der Waals surface area (Å²) in [5.74, 6) is 0.512. The number of carbonyl (C=O) groups is 1. The lowest BCUT2D eigenvalue weighted by atomic mass is 9.95. The number of benzene rings is 1. The second-order valence-electron chi connectivity index (χ2n) is 6.90. The number of carbonyl (C=O) groups excluding carboxylic acids is 1. The number of H-pyrrole nitrogens is 1. The highest BCUT2D eigenvalue weighted by Gasteiger charge is 2.26. The van der Waals surface area contributed by atoms with Crippen LogP contribution in [-0.4, -0.2) is 36.7 Å². The zero-order chi connectivity index (χ0) is 19.4. The first-order valence-corrected chi connectivity index (χ1v) is 10.8. The van der Waals surface area contributed by atoms with E-state index in [4.69, 9.17) is 0 Å². The summed E-state index contributed by atoms with van der Waals surface area (Å²) in [7, 11) is -0.834. The van der Waals surface area contributed by atoms with Gasteiger partial charge < -0.3 is 5.32 Å². The van der Waals surface area contributed by atoms with Crippen molar-refractivity contribution in [3.63, 3.8) is 0 Å². The van der Waals surface area contributed by atoms with Crippen LogP contribution in [0, 0.1) is 0 Å². The molecule has 1 fully saturated rings. The van der Waals surface area contributed by atoms with Crippen molar-refractivity contribution in [1.82, 2.24) is 14.9 Å². The molecular weight excluding hydrogens is 366 g/mol. The van der Waals surface area contributed by atoms with Crippen molar-refractivity contribution in [2.75, 3.05) is 5.75 Å². The normalized spacial score (nSPS) is 21.1. The van der Waals surface area contributed by atoms with Gasteiger partial charge in [-0.15, -0.1) is 0 Å². The quantitative estimate of drug-likeness (QED) is 0.774. The van der Waals surface area contributed by atoms with Crippen LogP contribution in [0.25, 0.3) is 10.9 Å². The van der Waals surface area contributed by atoms with E-state index in [2.05, 4.69) is 10.3 Å². The Hall–Kier alpha value is -2.22. The van der Waals surface area contributed by atoms with E-state index in [1.54, 1.807) is 24.3 Å². The number of para-hydroxylation sites is 1. The summed E-state index contributed by atoms with van der Waals surface area (Å²) in [5.41, 5.74) is -0.411. The third-order valence-electron chi connectivity index (χ3n) is 5.12. The van der Waals surface area contributed by atoms with E-state index in [1.807, 2.05) is 6.92 Å². The number of nitrogens with zero attached hydrogens (tertiary/aromatic N) is 1. The fraction of sp³-hybridized carbons (Fsp3) is 0.526. The maximum absolute atomic E-state index is 12.4. The minimum absolute atomic E-state index is 0.0378. The molecule has 1 amide bonds. The highest BCUT2D eigenvalue weighted by molar-refractivity contribution is 7.85. The molecule has 1 aromatic heterocycles. The molecule has 2 N–H and O–H groups in total. The van der Waals surface area contributed by atoms with Crippen molar-refractivity contribution in [2.24, 2.45) is 0 Å². The van der Waals surface area contributed by atoms with Gasteiger partial charge in [0.1, 0.15) is 0 Å². The molecule has 1 aliphatic carbocycles. The summed E-state index contributed by atoms with van der Waals surface area (Å²) in [6.07, 6.45) is 3.70. The van der Waals surface area contributed by atoms with E-state index in [-0.39, 0.29) is 30.2 Å². The zero-order valence-electron chi connectivity index (χ0n) is 15.4. The number of aromatic nitrogens is 2. The molecule has 0 radical (unpaired) electrons. The molecule has 3 atom stereocenters. The Labute approximate surface area is 159 Å². The fourth-order valence-corrected chi connectivity index (χ4v) is 5.08. The number of fused-ring (bicyclic) bond motifs is 1. The molecule has 1 aliphatic rings. The molecule has 1 heterocycles. The molecule has 8 heteroatoms. The summed E-state index contributed by atoms with van der Waals surface area (Å²) in [4.78, 5) is 38.7. The minimum atomic E-state index is -0.834. The average molecular weight is 391 g/mol. The van der Waals surface area contributed by atoms with E-state index in [0.29, 0.717) is 16.7 Å². The summed E-state index contributed by atoms with van der Waals surface area (Å²) in [6, 6.07) is 6.89. The largest absolute Gasteiger partial charge is 0.353 e. The standard InChI is InChI=1S/C19H25N3O4S/c1-2-27(26)14-7-5-6-13(12-14)20-17(23)10-11-22-16-9-4-3-8-15(16)18(24)21-19(22)25/h3-4,8-9,13-14H,2,5-7,10-12H2,1H3,(H,20,23)(H,21,24,25). The molecule has 27 heavy (non-hydrogen) atoms. The maximum Gasteiger partial charge on any atom is 0.328 e. The van der Waals surface area contributed by atoms with Gasteiger partial charge in [-0.3, -0.25) is 23.3 Å². The van der Waals surface area contributed by atoms with Crippen LogP contribution in [0.4, 0.5) is 0 Å². The average Bonchev–Trinajstić information content (AvgIpc) is 2.67. The van der Waals surface area contributed by atoms with Crippen LogP contribution in [0.3, 0.4) is 0 Å². The number of aryl methyl sites for hydroxylation is 1. The van der Waals surface area contributed by atoms with Crippen molar-refractivity contribution in [2.45, 2.75) is 56.9 Å². The van der Waals surface area contributed by atoms with Crippen LogP contribution in [0.2, 0.25) is 0 Å². The van der Waals surface area contributed by atoms with Crippen LogP contribution in [0.5, 0.6) is 0 Å². The molecule has 3 unspecified atom stereocenters. The van der Waals surface area contributed by atoms with Crippen LogP contribution in [-0.2, 0) is 22.1 Å². The molecule has 1 saturated carbocycles. The Kier molecular flexibility index (Phi) is 6.26. The van der Waals surface area contributed by atoms with Gasteiger partial charge in [-0.1, -0.05) is 25.5 Å². The first kappa shape index (κ1) is 19.5. The number of amides is 1. The molecule has 1 aromatic carbocycles. The van der Waals surface area contributed by atoms with Crippen molar-refractivity contribution in [3.8, 4) is 0 Å². The monoisotopic (exact) mass is 391 g/mol. The number of rotatable bonds is 6. The summed E-state index contributed by atoms with van der Waals surface area (Å²) in [5, 5.41) is 3.59. The van der Waals surface area contributed by atoms with Gasteiger partial charge in [0.2, 0.25) is 5.91 Å². The van der Waals surface area contributed by atoms with Gasteiger partial charge in [-0.05, 0) is 31.4 Å². The second-order valence-corrected chi connectivity index (χ2v) is 8.91. The molecule has 7 nitrogen and oxygen atoms in total. The van der Waals surface area contributed by atoms with E-state index in [0.717, 1.165) is 25.7 Å². The number of aromatic amines is 1. The van der Waals surface area contributed by atoms with Crippen molar-refractivity contribution in [3.05, 3.63) is 45.1 Å². The molecule has 0 aliphatic heterocycles. The molecule has 0 saturated heterocycles. The van der Waals surface area contributed by atoms with Gasteiger partial charge in [0.05, 0.1) is 10.9 Å². The van der Waals surface area contributed by atoms with E-state index in [1.165, 1.54) is 4.57 Å². The van der Waals surface area contributed by atoms with Crippen LogP contribution in [0.1, 0.15) is 39.0 Å². The van der Waals surface area contributed by atoms with Crippen molar-refractivity contribution >= 4 is 27.6 Å².